The molecule has 0 radical (unpaired) electrons. The lowest BCUT2D eigenvalue weighted by Crippen LogP contribution is -2.37. The topological polar surface area (TPSA) is 32.3 Å². The van der Waals surface area contributed by atoms with Crippen molar-refractivity contribution in [2.24, 2.45) is 0 Å². The molecule has 0 aliphatic carbocycles. The Bertz CT molecular complexity index is 717. The number of fused-ring (bicyclic) bond motifs is 1. The van der Waals surface area contributed by atoms with E-state index >= 15 is 0 Å². The second kappa shape index (κ2) is 7.85. The number of thiophene rings is 1. The van der Waals surface area contributed by atoms with Crippen molar-refractivity contribution in [1.29, 1.82) is 0 Å². The van der Waals surface area contributed by atoms with Crippen molar-refractivity contribution < 1.29 is 13.6 Å². The number of halogens is 2. The molecule has 2 heterocycles. The number of nitrogens with zero attached hydrogens (tertiary/aromatic N) is 1. The molecular formula is C18H20F2N2OS. The lowest BCUT2D eigenvalue weighted by molar-refractivity contribution is -0.121. The molecule has 3 rings (SSSR count). The average molecular weight is 350 g/mol. The zero-order valence-corrected chi connectivity index (χ0v) is 14.2. The minimum atomic E-state index is -0.870. The molecule has 1 aromatic carbocycles. The zero-order valence-electron chi connectivity index (χ0n) is 13.4. The molecule has 1 aliphatic rings. The predicted octanol–water partition coefficient (Wildman–Crippen LogP) is 3.13. The fourth-order valence-corrected chi connectivity index (χ4v) is 3.78. The van der Waals surface area contributed by atoms with E-state index in [1.807, 2.05) is 11.3 Å². The van der Waals surface area contributed by atoms with Gasteiger partial charge in [0.15, 0.2) is 11.6 Å². The third-order valence-electron chi connectivity index (χ3n) is 4.26. The third-order valence-corrected chi connectivity index (χ3v) is 5.28. The lowest BCUT2D eigenvalue weighted by Gasteiger charge is -2.26. The Hall–Kier alpha value is -1.79. The maximum absolute atomic E-state index is 13.1. The highest BCUT2D eigenvalue weighted by Gasteiger charge is 2.16. The molecule has 0 fully saturated rings. The van der Waals surface area contributed by atoms with Crippen molar-refractivity contribution in [3.8, 4) is 0 Å². The second-order valence-corrected chi connectivity index (χ2v) is 6.99. The van der Waals surface area contributed by atoms with Crippen LogP contribution < -0.4 is 5.32 Å². The first-order chi connectivity index (χ1) is 11.6. The van der Waals surface area contributed by atoms with Crippen LogP contribution >= 0.6 is 11.3 Å². The van der Waals surface area contributed by atoms with Crippen LogP contribution in [0.15, 0.2) is 29.6 Å². The number of carbonyl (C=O) groups is 1. The minimum Gasteiger partial charge on any atom is -0.355 e. The Kier molecular flexibility index (Phi) is 5.58. The van der Waals surface area contributed by atoms with E-state index in [9.17, 15) is 13.6 Å². The van der Waals surface area contributed by atoms with Crippen LogP contribution in [0.2, 0.25) is 0 Å². The average Bonchev–Trinajstić information content (AvgIpc) is 3.04. The molecule has 6 heteroatoms. The lowest BCUT2D eigenvalue weighted by atomic mass is 10.1. The summed E-state index contributed by atoms with van der Waals surface area (Å²) >= 11 is 1.82. The molecule has 1 amide bonds. The van der Waals surface area contributed by atoms with Crippen LogP contribution in [-0.2, 0) is 24.2 Å². The molecule has 0 saturated carbocycles. The smallest absolute Gasteiger partial charge is 0.220 e. The summed E-state index contributed by atoms with van der Waals surface area (Å²) in [7, 11) is 0. The summed E-state index contributed by atoms with van der Waals surface area (Å²) in [4.78, 5) is 15.7. The van der Waals surface area contributed by atoms with Gasteiger partial charge in [0.05, 0.1) is 0 Å². The van der Waals surface area contributed by atoms with E-state index < -0.39 is 11.6 Å². The van der Waals surface area contributed by atoms with Crippen LogP contribution in [-0.4, -0.2) is 30.4 Å². The SMILES string of the molecule is O=C(CCc1ccc(F)c(F)c1)NCCN1CCc2sccc2C1. The maximum atomic E-state index is 13.1. The standard InChI is InChI=1S/C18H20F2N2OS/c19-15-3-1-13(11-16(15)20)2-4-18(23)21-7-9-22-8-5-17-14(12-22)6-10-24-17/h1,3,6,10-11H,2,4-5,7-9,12H2,(H,21,23). The molecule has 1 N–H and O–H groups in total. The molecule has 0 unspecified atom stereocenters. The second-order valence-electron chi connectivity index (χ2n) is 5.99. The van der Waals surface area contributed by atoms with Gasteiger partial charge in [0.2, 0.25) is 5.91 Å². The number of hydrogen-bond acceptors (Lipinski definition) is 3. The molecule has 1 aliphatic heterocycles. The number of benzene rings is 1. The van der Waals surface area contributed by atoms with E-state index in [0.29, 0.717) is 18.5 Å². The largest absolute Gasteiger partial charge is 0.355 e. The van der Waals surface area contributed by atoms with Gasteiger partial charge in [-0.15, -0.1) is 11.3 Å². The van der Waals surface area contributed by atoms with E-state index in [1.54, 1.807) is 0 Å². The molecular weight excluding hydrogens is 330 g/mol. The van der Waals surface area contributed by atoms with E-state index in [4.69, 9.17) is 0 Å². The first kappa shape index (κ1) is 17.0. The normalized spacial score (nSPS) is 14.4. The summed E-state index contributed by atoms with van der Waals surface area (Å²) in [5, 5.41) is 5.03. The van der Waals surface area contributed by atoms with Gasteiger partial charge < -0.3 is 5.32 Å². The minimum absolute atomic E-state index is 0.0621. The Morgan fingerprint density at radius 3 is 2.96 bits per heavy atom. The van der Waals surface area contributed by atoms with Crippen LogP contribution in [0.1, 0.15) is 22.4 Å². The summed E-state index contributed by atoms with van der Waals surface area (Å²) in [6.45, 7) is 3.41. The van der Waals surface area contributed by atoms with Crippen molar-refractivity contribution in [3.63, 3.8) is 0 Å². The van der Waals surface area contributed by atoms with Crippen LogP contribution in [0, 0.1) is 11.6 Å². The molecule has 0 spiro atoms. The molecule has 0 bridgehead atoms. The number of rotatable bonds is 6. The monoisotopic (exact) mass is 350 g/mol. The van der Waals surface area contributed by atoms with E-state index in [1.165, 1.54) is 16.5 Å². The van der Waals surface area contributed by atoms with E-state index in [-0.39, 0.29) is 12.3 Å². The summed E-state index contributed by atoms with van der Waals surface area (Å²) in [6.07, 6.45) is 1.77. The molecule has 2 aromatic rings. The molecule has 24 heavy (non-hydrogen) atoms. The summed E-state index contributed by atoms with van der Waals surface area (Å²) < 4.78 is 26.0. The van der Waals surface area contributed by atoms with Crippen LogP contribution in [0.5, 0.6) is 0 Å². The highest BCUT2D eigenvalue weighted by molar-refractivity contribution is 7.10. The fraction of sp³-hybridized carbons (Fsp3) is 0.389. The number of amides is 1. The highest BCUT2D eigenvalue weighted by Crippen LogP contribution is 2.23. The van der Waals surface area contributed by atoms with Gasteiger partial charge in [-0.25, -0.2) is 8.78 Å². The first-order valence-corrected chi connectivity index (χ1v) is 8.98. The quantitative estimate of drug-likeness (QED) is 0.868. The first-order valence-electron chi connectivity index (χ1n) is 8.10. The fourth-order valence-electron chi connectivity index (χ4n) is 2.89. The highest BCUT2D eigenvalue weighted by atomic mass is 32.1. The van der Waals surface area contributed by atoms with Gasteiger partial charge in [-0.1, -0.05) is 6.07 Å². The number of carbonyl (C=O) groups excluding carboxylic acids is 1. The predicted molar refractivity (Wildman–Crippen MR) is 91.0 cm³/mol. The molecule has 3 nitrogen and oxygen atoms in total. The number of hydrogen-bond donors (Lipinski definition) is 1. The van der Waals surface area contributed by atoms with Gasteiger partial charge in [0.1, 0.15) is 0 Å². The van der Waals surface area contributed by atoms with E-state index in [0.717, 1.165) is 38.2 Å². The van der Waals surface area contributed by atoms with Crippen molar-refractivity contribution in [1.82, 2.24) is 10.2 Å². The van der Waals surface area contributed by atoms with Gasteiger partial charge in [0, 0.05) is 37.5 Å². The van der Waals surface area contributed by atoms with Gasteiger partial charge in [-0.2, -0.15) is 0 Å². The Balaban J connectivity index is 1.36. The summed E-state index contributed by atoms with van der Waals surface area (Å²) in [6, 6.07) is 5.93. The summed E-state index contributed by atoms with van der Waals surface area (Å²) in [5.74, 6) is -1.79. The van der Waals surface area contributed by atoms with Crippen LogP contribution in [0.4, 0.5) is 8.78 Å². The van der Waals surface area contributed by atoms with Gasteiger partial charge in [0.25, 0.3) is 0 Å². The Morgan fingerprint density at radius 1 is 1.25 bits per heavy atom. The number of aryl methyl sites for hydroxylation is 1. The Labute approximate surface area is 144 Å². The van der Waals surface area contributed by atoms with Gasteiger partial charge >= 0.3 is 0 Å². The van der Waals surface area contributed by atoms with Crippen LogP contribution in [0.25, 0.3) is 0 Å². The maximum Gasteiger partial charge on any atom is 0.220 e. The third kappa shape index (κ3) is 4.39. The Morgan fingerprint density at radius 2 is 2.12 bits per heavy atom. The van der Waals surface area contributed by atoms with Crippen LogP contribution in [0.3, 0.4) is 0 Å². The van der Waals surface area contributed by atoms with Gasteiger partial charge in [-0.05, 0) is 47.5 Å². The molecule has 1 aromatic heterocycles. The van der Waals surface area contributed by atoms with Crippen molar-refractivity contribution in [2.45, 2.75) is 25.8 Å². The van der Waals surface area contributed by atoms with Crippen molar-refractivity contribution in [3.05, 3.63) is 57.3 Å². The van der Waals surface area contributed by atoms with Crippen molar-refractivity contribution in [2.75, 3.05) is 19.6 Å². The van der Waals surface area contributed by atoms with Gasteiger partial charge in [-0.3, -0.25) is 9.69 Å². The summed E-state index contributed by atoms with van der Waals surface area (Å²) in [5.41, 5.74) is 2.03. The van der Waals surface area contributed by atoms with Crippen molar-refractivity contribution >= 4 is 17.2 Å². The molecule has 0 atom stereocenters. The van der Waals surface area contributed by atoms with E-state index in [2.05, 4.69) is 21.7 Å². The number of nitrogens with one attached hydrogen (secondary N) is 1. The zero-order chi connectivity index (χ0) is 16.9. The molecule has 0 saturated heterocycles. The molecule has 128 valence electrons.